The van der Waals surface area contributed by atoms with E-state index in [0.29, 0.717) is 120 Å². The van der Waals surface area contributed by atoms with Crippen molar-refractivity contribution in [3.63, 3.8) is 0 Å². The second-order valence-corrected chi connectivity index (χ2v) is 40.8. The lowest BCUT2D eigenvalue weighted by atomic mass is 9.74. The van der Waals surface area contributed by atoms with Crippen molar-refractivity contribution < 1.29 is 60.0 Å². The first-order chi connectivity index (χ1) is 62.4. The van der Waals surface area contributed by atoms with Gasteiger partial charge in [0.2, 0.25) is 63.9 Å². The zero-order valence-corrected chi connectivity index (χ0v) is 76.1. The maximum atomic E-state index is 14.2. The van der Waals surface area contributed by atoms with E-state index >= 15 is 0 Å². The van der Waals surface area contributed by atoms with Gasteiger partial charge < -0.3 is 21.3 Å². The Morgan fingerprint density at radius 3 is 0.909 bits per heavy atom. The van der Waals surface area contributed by atoms with Crippen molar-refractivity contribution in [1.29, 1.82) is 0 Å². The largest absolute Gasteiger partial charge is 0.433 e. The predicted molar refractivity (Wildman–Crippen MR) is 493 cm³/mol. The van der Waals surface area contributed by atoms with Gasteiger partial charge in [-0.25, -0.2) is 79.1 Å². The Bertz CT molecular complexity index is 6890. The number of pyridine rings is 1. The van der Waals surface area contributed by atoms with Gasteiger partial charge >= 0.3 is 12.4 Å². The summed E-state index contributed by atoms with van der Waals surface area (Å²) in [6, 6.07) is 28.5. The third kappa shape index (κ3) is 17.3. The Kier molecular flexibility index (Phi) is 23.8. The van der Waals surface area contributed by atoms with Crippen molar-refractivity contribution in [2.24, 2.45) is 46.9 Å². The average Bonchev–Trinajstić information content (AvgIpc) is 1.52. The van der Waals surface area contributed by atoms with Crippen LogP contribution < -0.4 is 61.9 Å². The van der Waals surface area contributed by atoms with E-state index in [1.165, 1.54) is 135 Å². The molecule has 9 aromatic heterocycles. The van der Waals surface area contributed by atoms with Crippen LogP contribution in [-0.2, 0) is 62.2 Å². The third-order valence-corrected chi connectivity index (χ3v) is 29.3. The van der Waals surface area contributed by atoms with Crippen LogP contribution in [0.25, 0.3) is 44.1 Å². The highest BCUT2D eigenvalue weighted by Crippen LogP contribution is 2.53. The minimum Gasteiger partial charge on any atom is -0.324 e. The first kappa shape index (κ1) is 91.5. The van der Waals surface area contributed by atoms with Crippen LogP contribution in [0, 0.1) is 5.92 Å². The number of primary sulfonamides is 4. The zero-order chi connectivity index (χ0) is 93.8. The summed E-state index contributed by atoms with van der Waals surface area (Å²) in [6.07, 6.45) is 15.6. The summed E-state index contributed by atoms with van der Waals surface area (Å²) in [6.45, 7) is 6.55. The first-order valence-corrected chi connectivity index (χ1v) is 49.1. The fraction of sp³-hybridized carbons (Fsp3) is 0.400. The summed E-state index contributed by atoms with van der Waals surface area (Å²) >= 11 is 0. The molecule has 3 aromatic carbocycles. The van der Waals surface area contributed by atoms with Crippen LogP contribution in [0.4, 0.5) is 96.3 Å². The van der Waals surface area contributed by atoms with E-state index in [1.807, 2.05) is 36.5 Å². The van der Waals surface area contributed by atoms with Gasteiger partial charge in [-0.2, -0.15) is 66.7 Å². The van der Waals surface area contributed by atoms with Crippen molar-refractivity contribution in [3.8, 4) is 0 Å². The number of anilines is 12. The Balaban J connectivity index is 0.000000123. The number of hydrazone groups is 4. The van der Waals surface area contributed by atoms with Crippen LogP contribution in [0.2, 0.25) is 0 Å². The number of benzene rings is 3. The van der Waals surface area contributed by atoms with Crippen molar-refractivity contribution >= 4 is 177 Å². The van der Waals surface area contributed by atoms with Gasteiger partial charge in [-0.1, -0.05) is 90.9 Å². The number of hydrogen-bond donors (Lipinski definition) is 8. The predicted octanol–water partition coefficient (Wildman–Crippen LogP) is 14.3. The highest BCUT2D eigenvalue weighted by molar-refractivity contribution is 7.90. The lowest BCUT2D eigenvalue weighted by molar-refractivity contribution is -0.0694. The van der Waals surface area contributed by atoms with E-state index in [4.69, 9.17) is 40.7 Å². The summed E-state index contributed by atoms with van der Waals surface area (Å²) in [5, 5.41) is 60.0. The fourth-order valence-electron chi connectivity index (χ4n) is 19.7. The lowest BCUT2D eigenvalue weighted by Gasteiger charge is -2.46. The molecule has 0 bridgehead atoms. The number of alkyl halides is 6. The molecule has 132 heavy (non-hydrogen) atoms. The van der Waals surface area contributed by atoms with Gasteiger partial charge in [0.15, 0.2) is 11.4 Å². The highest BCUT2D eigenvalue weighted by atomic mass is 32.2. The molecule has 696 valence electrons. The molecule has 13 heterocycles. The minimum atomic E-state index is -4.59. The molecule has 0 atom stereocenters. The molecule has 37 nitrogen and oxygen atoms in total. The first-order valence-electron chi connectivity index (χ1n) is 42.9. The molecule has 0 amide bonds. The van der Waals surface area contributed by atoms with Crippen molar-refractivity contribution in [1.82, 2.24) is 63.1 Å². The molecule has 4 aliphatic heterocycles. The number of nitrogens with one attached hydrogen (secondary N) is 4. The highest BCUT2D eigenvalue weighted by Gasteiger charge is 2.58. The Morgan fingerprint density at radius 2 is 0.614 bits per heavy atom. The van der Waals surface area contributed by atoms with Crippen LogP contribution in [0.1, 0.15) is 149 Å². The van der Waals surface area contributed by atoms with Crippen LogP contribution in [0.15, 0.2) is 180 Å². The summed E-state index contributed by atoms with van der Waals surface area (Å²) < 4.78 is 185. The van der Waals surface area contributed by atoms with Crippen LogP contribution in [-0.4, -0.2) is 160 Å². The minimum absolute atomic E-state index is 0.0451. The summed E-state index contributed by atoms with van der Waals surface area (Å²) in [5.74, 6) is 4.83. The van der Waals surface area contributed by atoms with Crippen LogP contribution in [0.3, 0.4) is 0 Å². The second kappa shape index (κ2) is 34.3. The number of nitrogens with two attached hydrogens (primary N) is 4. The van der Waals surface area contributed by atoms with Gasteiger partial charge in [0.1, 0.15) is 56.6 Å². The molecular weight excluding hydrogens is 1800 g/mol. The number of sulfonamides is 4. The lowest BCUT2D eigenvalue weighted by Crippen LogP contribution is -2.54. The molecule has 0 saturated heterocycles. The van der Waals surface area contributed by atoms with E-state index in [9.17, 15) is 60.0 Å². The van der Waals surface area contributed by atoms with E-state index in [1.54, 1.807) is 51.7 Å². The number of halogens is 6. The van der Waals surface area contributed by atoms with Gasteiger partial charge in [0, 0.05) is 97.8 Å². The van der Waals surface area contributed by atoms with E-state index in [2.05, 4.69) is 108 Å². The molecule has 47 heteroatoms. The smallest absolute Gasteiger partial charge is 0.324 e. The zero-order valence-electron chi connectivity index (χ0n) is 72.9. The summed E-state index contributed by atoms with van der Waals surface area (Å²) in [4.78, 5) is 40.3. The SMILES string of the molecule is CC(C)C1=NN(C)c2cc3cnc(Nc4ccc(S(N)(=O)=O)cc4)nc3n2C12CCCCC2.CC1=NN(C)c2cc3cnc(Nc4ccc(S(N)(=O)=O)cc4)nc3n2C12CCCCC2.CN1N=C(C(F)(F)F)C2(CCCCC2)n2c1cc1cnc(Nc3ccc(S(N)(=O)=O)cc3)nc12.CN1N=C(C(F)(F)F)C2(CCCCC2)n2c1cc1cnc(Nc3ccc(S(N)(=O)=O)cn3)nc12. The Labute approximate surface area is 755 Å². The maximum Gasteiger partial charge on any atom is 0.433 e. The topological polar surface area (TPSA) is 487 Å². The Morgan fingerprint density at radius 1 is 0.341 bits per heavy atom. The third-order valence-electron chi connectivity index (χ3n) is 25.6. The number of rotatable bonds is 13. The van der Waals surface area contributed by atoms with Gasteiger partial charge in [-0.3, -0.25) is 38.3 Å². The van der Waals surface area contributed by atoms with E-state index in [0.717, 1.165) is 84.1 Å². The van der Waals surface area contributed by atoms with Crippen molar-refractivity contribution in [2.75, 3.05) is 69.5 Å². The molecule has 4 fully saturated rings. The van der Waals surface area contributed by atoms with E-state index < -0.39 is 74.9 Å². The van der Waals surface area contributed by atoms with Crippen LogP contribution >= 0.6 is 0 Å². The molecule has 12 aromatic rings. The fourth-order valence-corrected chi connectivity index (χ4v) is 21.7. The van der Waals surface area contributed by atoms with Gasteiger partial charge in [-0.15, -0.1) is 0 Å². The molecule has 0 radical (unpaired) electrons. The maximum absolute atomic E-state index is 14.2. The summed E-state index contributed by atoms with van der Waals surface area (Å²) in [7, 11) is -8.27. The molecule has 12 N–H and O–H groups in total. The molecule has 20 rings (SSSR count). The Hall–Kier alpha value is -12.4. The molecule has 4 saturated carbocycles. The van der Waals surface area contributed by atoms with Gasteiger partial charge in [-0.05, 0) is 173 Å². The second-order valence-electron chi connectivity index (χ2n) is 34.6. The quantitative estimate of drug-likeness (QED) is 0.0497. The number of aromatic nitrogens is 13. The molecule has 0 unspecified atom stereocenters. The van der Waals surface area contributed by atoms with Crippen molar-refractivity contribution in [2.45, 2.75) is 203 Å². The normalized spacial score (nSPS) is 18.1. The number of hydrogen-bond acceptors (Lipinski definition) is 29. The monoisotopic (exact) mass is 1890 g/mol. The van der Waals surface area contributed by atoms with Gasteiger partial charge in [0.25, 0.3) is 0 Å². The summed E-state index contributed by atoms with van der Waals surface area (Å²) in [5.41, 5.74) is 2.04. The van der Waals surface area contributed by atoms with E-state index in [-0.39, 0.29) is 48.4 Å². The number of fused-ring (bicyclic) bond motifs is 16. The van der Waals surface area contributed by atoms with Crippen LogP contribution in [0.5, 0.6) is 0 Å². The van der Waals surface area contributed by atoms with Crippen molar-refractivity contribution in [3.05, 3.63) is 140 Å². The molecule has 4 aliphatic carbocycles. The molecule has 4 spiro atoms. The molecular formula is C85H97F6N29O8S4. The van der Waals surface area contributed by atoms with Gasteiger partial charge in [0.05, 0.1) is 48.3 Å². The molecule has 8 aliphatic rings. The standard InChI is InChI=1S/C23H29N7O2S.C21H22F3N7O2S.C21H25N7O2S.C20H21F3N8O2S/c1-15(2)20-23(11-5-4-6-12-23)30-19(29(3)28-20)13-16-14-25-22(27-21(16)30)26-17-7-9-18(10-8-17)33(24,31)32;1-30-16-11-13-12-26-19(27-14-5-7-15(8-6-14)34(25,32)33)28-17(13)31(16)20(9-3-2-4-10-20)18(29-30)21(22,23)24;1-14-21(10-4-3-5-11-21)28-18(27(2)26-14)12-15-13-23-20(25-19(15)28)24-16-6-8-17(9-7-16)31(22,29)30;1-30-15-9-12-10-26-18(27-14-6-5-13(11-25-14)34(24,32)33)28-16(12)31(15)19(7-3-2-4-8-19)17(29-30)20(21,22)23/h7-10,13-15H,4-6,11-12H2,1-3H3,(H2,24,31,32)(H,25,26,27);5-8,11-12H,2-4,9-10H2,1H3,(H2,25,32,33)(H,26,27,28);6-9,12-13H,3-5,10-11H2,1-2H3,(H2,22,29,30)(H,23,24,25);5-6,9-11H,2-4,7-8H2,1H3,(H2,24,32,33)(H,25,26,27,28). The average molecular weight is 1900 g/mol. The number of nitrogens with zero attached hydrogens (tertiary/aromatic N) is 21.